The number of rotatable bonds is 1. The smallest absolute Gasteiger partial charge is 0.160 e. The third kappa shape index (κ3) is 1.75. The molecule has 0 saturated heterocycles. The maximum absolute atomic E-state index is 9.31. The summed E-state index contributed by atoms with van der Waals surface area (Å²) in [5.41, 5.74) is 3.85. The molecule has 4 nitrogen and oxygen atoms in total. The van der Waals surface area contributed by atoms with Gasteiger partial charge in [-0.05, 0) is 33.2 Å². The van der Waals surface area contributed by atoms with Crippen LogP contribution in [-0.4, -0.2) is 6.04 Å². The summed E-state index contributed by atoms with van der Waals surface area (Å²) in [6, 6.07) is 20.2. The largest absolute Gasteiger partial charge is 0.272 e. The first-order valence-corrected chi connectivity index (χ1v) is 6.84. The van der Waals surface area contributed by atoms with Gasteiger partial charge in [-0.2, -0.15) is 10.4 Å². The van der Waals surface area contributed by atoms with Crippen molar-refractivity contribution in [3.8, 4) is 6.07 Å². The highest BCUT2D eigenvalue weighted by atomic mass is 15.5. The van der Waals surface area contributed by atoms with Gasteiger partial charge in [-0.25, -0.2) is 0 Å². The predicted octanol–water partition coefficient (Wildman–Crippen LogP) is 3.90. The Morgan fingerprint density at radius 3 is 2.19 bits per heavy atom. The highest BCUT2D eigenvalue weighted by Crippen LogP contribution is 2.37. The topological polar surface area (TPSA) is 60.5 Å². The molecule has 0 bridgehead atoms. The van der Waals surface area contributed by atoms with E-state index < -0.39 is 6.04 Å². The van der Waals surface area contributed by atoms with Crippen LogP contribution in [0.4, 0.5) is 0 Å². The average Bonchev–Trinajstić information content (AvgIpc) is 3.00. The molecule has 0 aromatic heterocycles. The van der Waals surface area contributed by atoms with Gasteiger partial charge in [0.15, 0.2) is 6.04 Å². The Hall–Kier alpha value is -2.93. The van der Waals surface area contributed by atoms with Gasteiger partial charge in [0.05, 0.1) is 6.07 Å². The predicted molar refractivity (Wildman–Crippen MR) is 81.6 cm³/mol. The normalized spacial score (nSPS) is 20.5. The first-order chi connectivity index (χ1) is 10.4. The summed E-state index contributed by atoms with van der Waals surface area (Å²) in [4.78, 5) is 0. The Morgan fingerprint density at radius 2 is 1.57 bits per heavy atom. The van der Waals surface area contributed by atoms with Crippen LogP contribution in [0.1, 0.15) is 11.6 Å². The van der Waals surface area contributed by atoms with Gasteiger partial charge in [0, 0.05) is 0 Å². The van der Waals surface area contributed by atoms with E-state index in [2.05, 4.69) is 52.2 Å². The lowest BCUT2D eigenvalue weighted by molar-refractivity contribution is 0.636. The van der Waals surface area contributed by atoms with E-state index >= 15 is 0 Å². The number of nitrogens with one attached hydrogen (secondary N) is 1. The van der Waals surface area contributed by atoms with E-state index in [1.54, 1.807) is 0 Å². The number of nitriles is 1. The Kier molecular flexibility index (Phi) is 2.58. The van der Waals surface area contributed by atoms with Crippen LogP contribution in [0.15, 0.2) is 64.9 Å². The zero-order valence-electron chi connectivity index (χ0n) is 11.2. The van der Waals surface area contributed by atoms with Crippen LogP contribution in [0, 0.1) is 11.3 Å². The minimum Gasteiger partial charge on any atom is -0.272 e. The third-order valence-electron chi connectivity index (χ3n) is 3.94. The van der Waals surface area contributed by atoms with Crippen molar-refractivity contribution in [3.05, 3.63) is 60.2 Å². The summed E-state index contributed by atoms with van der Waals surface area (Å²) in [6.07, 6.45) is 0. The standard InChI is InChI=1S/C17H12N4/c18-10-15-17(20-21-19-15)16-13-7-3-1-5-11(13)9-12-6-2-4-8-14(12)16/h1-9,15,17H,(H,19,20)/t15-,17-/m1/s1. The monoisotopic (exact) mass is 272 g/mol. The lowest BCUT2D eigenvalue weighted by Gasteiger charge is -2.16. The lowest BCUT2D eigenvalue weighted by Crippen LogP contribution is -2.23. The molecular formula is C17H12N4. The third-order valence-corrected chi connectivity index (χ3v) is 3.94. The van der Waals surface area contributed by atoms with Gasteiger partial charge in [0.25, 0.3) is 0 Å². The molecule has 2 atom stereocenters. The van der Waals surface area contributed by atoms with Crippen LogP contribution in [0.3, 0.4) is 0 Å². The van der Waals surface area contributed by atoms with Gasteiger partial charge < -0.3 is 0 Å². The van der Waals surface area contributed by atoms with Crippen molar-refractivity contribution >= 4 is 21.5 Å². The second-order valence-corrected chi connectivity index (χ2v) is 5.13. The molecule has 3 aromatic carbocycles. The fourth-order valence-corrected chi connectivity index (χ4v) is 2.99. The quantitative estimate of drug-likeness (QED) is 0.683. The van der Waals surface area contributed by atoms with Gasteiger partial charge in [-0.3, -0.25) is 5.43 Å². The number of benzene rings is 3. The van der Waals surface area contributed by atoms with Gasteiger partial charge >= 0.3 is 0 Å². The van der Waals surface area contributed by atoms with E-state index in [-0.39, 0.29) is 6.04 Å². The van der Waals surface area contributed by atoms with Crippen molar-refractivity contribution < 1.29 is 0 Å². The summed E-state index contributed by atoms with van der Waals surface area (Å²) in [6.45, 7) is 0. The first kappa shape index (κ1) is 11.9. The van der Waals surface area contributed by atoms with Gasteiger partial charge in [-0.1, -0.05) is 53.8 Å². The van der Waals surface area contributed by atoms with Crippen molar-refractivity contribution in [2.24, 2.45) is 10.3 Å². The molecule has 0 unspecified atom stereocenters. The molecule has 0 amide bonds. The number of nitrogens with zero attached hydrogens (tertiary/aromatic N) is 3. The summed E-state index contributed by atoms with van der Waals surface area (Å²) >= 11 is 0. The highest BCUT2D eigenvalue weighted by Gasteiger charge is 2.30. The zero-order valence-corrected chi connectivity index (χ0v) is 11.2. The first-order valence-electron chi connectivity index (χ1n) is 6.84. The molecule has 21 heavy (non-hydrogen) atoms. The fraction of sp³-hybridized carbons (Fsp3) is 0.118. The molecule has 4 heteroatoms. The second kappa shape index (κ2) is 4.57. The SMILES string of the molecule is N#C[C@H]1NN=N[C@H]1c1c2ccccc2cc2ccccc12. The summed E-state index contributed by atoms with van der Waals surface area (Å²) in [7, 11) is 0. The van der Waals surface area contributed by atoms with Crippen molar-refractivity contribution in [2.45, 2.75) is 12.1 Å². The van der Waals surface area contributed by atoms with E-state index in [4.69, 9.17) is 0 Å². The minimum atomic E-state index is -0.417. The van der Waals surface area contributed by atoms with Gasteiger partial charge in [0.2, 0.25) is 0 Å². The van der Waals surface area contributed by atoms with Crippen LogP contribution >= 0.6 is 0 Å². The maximum Gasteiger partial charge on any atom is 0.160 e. The zero-order chi connectivity index (χ0) is 14.2. The van der Waals surface area contributed by atoms with Crippen molar-refractivity contribution in [1.29, 1.82) is 5.26 Å². The Morgan fingerprint density at radius 1 is 0.952 bits per heavy atom. The van der Waals surface area contributed by atoms with Crippen molar-refractivity contribution in [3.63, 3.8) is 0 Å². The maximum atomic E-state index is 9.31. The summed E-state index contributed by atoms with van der Waals surface area (Å²) < 4.78 is 0. The molecule has 0 saturated carbocycles. The van der Waals surface area contributed by atoms with E-state index in [1.165, 1.54) is 0 Å². The van der Waals surface area contributed by atoms with E-state index in [1.807, 2.05) is 24.3 Å². The van der Waals surface area contributed by atoms with E-state index in [0.717, 1.165) is 27.1 Å². The van der Waals surface area contributed by atoms with Gasteiger partial charge in [0.1, 0.15) is 6.04 Å². The molecule has 1 aliphatic heterocycles. The highest BCUT2D eigenvalue weighted by molar-refractivity contribution is 6.02. The molecule has 4 rings (SSSR count). The Balaban J connectivity index is 2.12. The van der Waals surface area contributed by atoms with Crippen molar-refractivity contribution in [1.82, 2.24) is 5.43 Å². The second-order valence-electron chi connectivity index (χ2n) is 5.13. The van der Waals surface area contributed by atoms with Crippen LogP contribution in [-0.2, 0) is 0 Å². The molecule has 1 N–H and O–H groups in total. The van der Waals surface area contributed by atoms with Crippen LogP contribution in [0.25, 0.3) is 21.5 Å². The van der Waals surface area contributed by atoms with Crippen molar-refractivity contribution in [2.75, 3.05) is 0 Å². The molecule has 100 valence electrons. The lowest BCUT2D eigenvalue weighted by atomic mass is 9.90. The molecule has 0 radical (unpaired) electrons. The molecular weight excluding hydrogens is 260 g/mol. The fourth-order valence-electron chi connectivity index (χ4n) is 2.99. The Bertz CT molecular complexity index is 853. The number of hydrogen-bond acceptors (Lipinski definition) is 4. The number of hydrogen-bond donors (Lipinski definition) is 1. The summed E-state index contributed by atoms with van der Waals surface area (Å²) in [5, 5.41) is 22.0. The van der Waals surface area contributed by atoms with Gasteiger partial charge in [-0.15, -0.1) is 0 Å². The van der Waals surface area contributed by atoms with E-state index in [9.17, 15) is 5.26 Å². The average molecular weight is 272 g/mol. The molecule has 1 heterocycles. The molecule has 0 spiro atoms. The molecule has 1 aliphatic rings. The minimum absolute atomic E-state index is 0.272. The van der Waals surface area contributed by atoms with Crippen LogP contribution < -0.4 is 5.43 Å². The van der Waals surface area contributed by atoms with Crippen LogP contribution in [0.5, 0.6) is 0 Å². The van der Waals surface area contributed by atoms with Crippen LogP contribution in [0.2, 0.25) is 0 Å². The van der Waals surface area contributed by atoms with E-state index in [0.29, 0.717) is 0 Å². The number of fused-ring (bicyclic) bond motifs is 2. The molecule has 3 aromatic rings. The molecule has 0 aliphatic carbocycles. The Labute approximate surface area is 121 Å². The summed E-state index contributed by atoms with van der Waals surface area (Å²) in [5.74, 6) is 0. The molecule has 0 fully saturated rings.